The van der Waals surface area contributed by atoms with E-state index >= 15 is 0 Å². The molecule has 1 atom stereocenters. The third kappa shape index (κ3) is 8.11. The minimum absolute atomic E-state index is 0.173. The van der Waals surface area contributed by atoms with Crippen molar-refractivity contribution in [2.45, 2.75) is 26.5 Å². The molecular weight excluding hydrogens is 594 g/mol. The van der Waals surface area contributed by atoms with Gasteiger partial charge in [0.1, 0.15) is 6.61 Å². The summed E-state index contributed by atoms with van der Waals surface area (Å²) >= 11 is 0. The lowest BCUT2D eigenvalue weighted by Gasteiger charge is -2.28. The van der Waals surface area contributed by atoms with Crippen LogP contribution in [0.2, 0.25) is 0 Å². The van der Waals surface area contributed by atoms with Crippen molar-refractivity contribution in [3.8, 4) is 29.1 Å². The molecule has 3 N–H and O–H groups in total. The molecule has 0 aliphatic carbocycles. The number of hydrogen-bond acceptors (Lipinski definition) is 10. The number of methoxy groups -OCH3 is 2. The molecule has 0 spiro atoms. The van der Waals surface area contributed by atoms with Crippen molar-refractivity contribution in [2.24, 2.45) is 5.10 Å². The maximum absolute atomic E-state index is 12.6. The van der Waals surface area contributed by atoms with Gasteiger partial charge in [0.25, 0.3) is 5.91 Å². The molecule has 0 bridgehead atoms. The van der Waals surface area contributed by atoms with Crippen LogP contribution in [0.15, 0.2) is 77.0 Å². The number of nitriles is 1. The Morgan fingerprint density at radius 1 is 1.02 bits per heavy atom. The number of ether oxygens (including phenoxy) is 5. The van der Waals surface area contributed by atoms with Crippen LogP contribution in [-0.2, 0) is 20.9 Å². The lowest BCUT2D eigenvalue weighted by molar-refractivity contribution is -0.139. The molecule has 13 heteroatoms. The predicted molar refractivity (Wildman–Crippen MR) is 166 cm³/mol. The van der Waals surface area contributed by atoms with Crippen LogP contribution < -0.4 is 35.0 Å². The van der Waals surface area contributed by atoms with Crippen molar-refractivity contribution in [2.75, 3.05) is 27.4 Å². The van der Waals surface area contributed by atoms with E-state index in [1.807, 2.05) is 0 Å². The second kappa shape index (κ2) is 15.6. The van der Waals surface area contributed by atoms with Crippen LogP contribution in [0.3, 0.4) is 0 Å². The third-order valence-corrected chi connectivity index (χ3v) is 6.73. The van der Waals surface area contributed by atoms with Crippen molar-refractivity contribution in [1.82, 2.24) is 16.1 Å². The van der Waals surface area contributed by atoms with Gasteiger partial charge in [-0.3, -0.25) is 4.79 Å². The number of carbonyl (C=O) groups excluding carboxylic acids is 3. The number of esters is 1. The molecule has 0 saturated heterocycles. The molecular formula is C33H33N5O8. The molecule has 13 nitrogen and oxygen atoms in total. The van der Waals surface area contributed by atoms with Crippen molar-refractivity contribution in [3.63, 3.8) is 0 Å². The first-order chi connectivity index (χ1) is 22.3. The Morgan fingerprint density at radius 2 is 1.78 bits per heavy atom. The molecule has 3 aromatic carbocycles. The van der Waals surface area contributed by atoms with Gasteiger partial charge in [-0.1, -0.05) is 24.3 Å². The largest absolute Gasteiger partial charge is 0.493 e. The summed E-state index contributed by atoms with van der Waals surface area (Å²) in [6.45, 7) is 3.32. The fourth-order valence-corrected chi connectivity index (χ4v) is 4.54. The molecule has 3 aromatic rings. The summed E-state index contributed by atoms with van der Waals surface area (Å²) in [6, 6.07) is 17.9. The Bertz CT molecular complexity index is 1700. The monoisotopic (exact) mass is 627 g/mol. The van der Waals surface area contributed by atoms with Crippen molar-refractivity contribution in [3.05, 3.63) is 94.2 Å². The number of urea groups is 1. The predicted octanol–water partition coefficient (Wildman–Crippen LogP) is 3.87. The minimum Gasteiger partial charge on any atom is -0.493 e. The summed E-state index contributed by atoms with van der Waals surface area (Å²) in [4.78, 5) is 37.4. The molecule has 238 valence electrons. The number of carbonyl (C=O) groups is 3. The van der Waals surface area contributed by atoms with E-state index in [2.05, 4.69) is 27.2 Å². The molecule has 1 aliphatic heterocycles. The molecule has 0 aromatic heterocycles. The number of amides is 3. The highest BCUT2D eigenvalue weighted by atomic mass is 16.5. The number of hydrazone groups is 1. The normalized spacial score (nSPS) is 14.1. The van der Waals surface area contributed by atoms with Crippen LogP contribution in [0.25, 0.3) is 0 Å². The molecule has 0 saturated carbocycles. The smallest absolute Gasteiger partial charge is 0.338 e. The first-order valence-electron chi connectivity index (χ1n) is 14.1. The van der Waals surface area contributed by atoms with Gasteiger partial charge < -0.3 is 34.3 Å². The van der Waals surface area contributed by atoms with E-state index in [4.69, 9.17) is 28.9 Å². The quantitative estimate of drug-likeness (QED) is 0.145. The Labute approximate surface area is 265 Å². The summed E-state index contributed by atoms with van der Waals surface area (Å²) < 4.78 is 27.7. The number of para-hydroxylation sites is 1. The van der Waals surface area contributed by atoms with Crippen LogP contribution in [0.1, 0.15) is 42.1 Å². The van der Waals surface area contributed by atoms with Crippen LogP contribution in [0, 0.1) is 11.3 Å². The number of allylic oxidation sites excluding steroid dienone is 1. The average molecular weight is 628 g/mol. The summed E-state index contributed by atoms with van der Waals surface area (Å²) in [5, 5.41) is 18.4. The van der Waals surface area contributed by atoms with E-state index in [0.29, 0.717) is 33.9 Å². The van der Waals surface area contributed by atoms with E-state index in [-0.39, 0.29) is 36.9 Å². The summed E-state index contributed by atoms with van der Waals surface area (Å²) in [5.74, 6) is 0.339. The van der Waals surface area contributed by atoms with Gasteiger partial charge in [-0.25, -0.2) is 15.0 Å². The van der Waals surface area contributed by atoms with Gasteiger partial charge in [-0.05, 0) is 61.4 Å². The van der Waals surface area contributed by atoms with Gasteiger partial charge in [0.2, 0.25) is 0 Å². The van der Waals surface area contributed by atoms with Gasteiger partial charge in [-0.15, -0.1) is 0 Å². The molecule has 1 aliphatic rings. The fourth-order valence-electron chi connectivity index (χ4n) is 4.54. The topological polar surface area (TPSA) is 170 Å². The fraction of sp³-hybridized carbons (Fsp3) is 0.242. The number of nitrogens with one attached hydrogen (secondary N) is 3. The highest BCUT2D eigenvalue weighted by Gasteiger charge is 2.32. The Morgan fingerprint density at radius 3 is 2.48 bits per heavy atom. The van der Waals surface area contributed by atoms with Gasteiger partial charge >= 0.3 is 12.0 Å². The molecule has 4 rings (SSSR count). The zero-order chi connectivity index (χ0) is 33.1. The molecule has 0 radical (unpaired) electrons. The van der Waals surface area contributed by atoms with Crippen molar-refractivity contribution < 1.29 is 38.1 Å². The van der Waals surface area contributed by atoms with Gasteiger partial charge in [0.05, 0.1) is 50.3 Å². The molecule has 3 amide bonds. The standard InChI is InChI=1S/C33H33N5O8/c1-5-44-32(40)29-20(2)36-33(41)37-30(29)23-13-14-25(27(15-23)43-4)45-19-28(39)38-35-17-24-7-6-8-26(42-3)31(24)46-18-22-11-9-21(16-34)10-12-22/h6-15,17,30H,5,18-19H2,1-4H3,(H,38,39)(H2,36,37,41)/b35-17+/t30-/m0/s1. The summed E-state index contributed by atoms with van der Waals surface area (Å²) in [7, 11) is 2.95. The maximum atomic E-state index is 12.6. The maximum Gasteiger partial charge on any atom is 0.338 e. The van der Waals surface area contributed by atoms with Crippen LogP contribution in [0.4, 0.5) is 4.79 Å². The highest BCUT2D eigenvalue weighted by Crippen LogP contribution is 2.35. The third-order valence-electron chi connectivity index (χ3n) is 6.73. The minimum atomic E-state index is -0.789. The van der Waals surface area contributed by atoms with Crippen LogP contribution in [-0.4, -0.2) is 51.6 Å². The lowest BCUT2D eigenvalue weighted by atomic mass is 9.95. The van der Waals surface area contributed by atoms with E-state index in [1.165, 1.54) is 20.4 Å². The Hall–Kier alpha value is -6.03. The van der Waals surface area contributed by atoms with Gasteiger partial charge in [0.15, 0.2) is 29.6 Å². The second-order valence-electron chi connectivity index (χ2n) is 9.76. The molecule has 46 heavy (non-hydrogen) atoms. The lowest BCUT2D eigenvalue weighted by Crippen LogP contribution is -2.45. The molecule has 0 fully saturated rings. The number of hydrogen-bond donors (Lipinski definition) is 3. The highest BCUT2D eigenvalue weighted by molar-refractivity contribution is 5.95. The SMILES string of the molecule is CCOC(=O)C1=C(C)NC(=O)N[C@H]1c1ccc(OCC(=O)N/N=C/c2cccc(OC)c2OCc2ccc(C#N)cc2)c(OC)c1. The molecule has 1 heterocycles. The average Bonchev–Trinajstić information content (AvgIpc) is 3.06. The second-order valence-corrected chi connectivity index (χ2v) is 9.76. The van der Waals surface area contributed by atoms with Crippen molar-refractivity contribution >= 4 is 24.1 Å². The van der Waals surface area contributed by atoms with Gasteiger partial charge in [0, 0.05) is 11.3 Å². The number of nitrogens with zero attached hydrogens (tertiary/aromatic N) is 2. The van der Waals surface area contributed by atoms with E-state index in [1.54, 1.807) is 74.5 Å². The van der Waals surface area contributed by atoms with Gasteiger partial charge in [-0.2, -0.15) is 10.4 Å². The summed E-state index contributed by atoms with van der Waals surface area (Å²) in [6.07, 6.45) is 1.42. The Kier molecular flexibility index (Phi) is 11.2. The van der Waals surface area contributed by atoms with E-state index in [9.17, 15) is 14.4 Å². The first kappa shape index (κ1) is 32.9. The van der Waals surface area contributed by atoms with Crippen LogP contribution in [0.5, 0.6) is 23.0 Å². The zero-order valence-electron chi connectivity index (χ0n) is 25.7. The van der Waals surface area contributed by atoms with Crippen LogP contribution >= 0.6 is 0 Å². The van der Waals surface area contributed by atoms with E-state index in [0.717, 1.165) is 5.56 Å². The zero-order valence-corrected chi connectivity index (χ0v) is 25.7. The van der Waals surface area contributed by atoms with E-state index < -0.39 is 23.9 Å². The summed E-state index contributed by atoms with van der Waals surface area (Å²) in [5.41, 5.74) is 5.56. The molecule has 0 unspecified atom stereocenters. The number of rotatable bonds is 13. The number of benzene rings is 3. The van der Waals surface area contributed by atoms with Crippen molar-refractivity contribution in [1.29, 1.82) is 5.26 Å². The first-order valence-corrected chi connectivity index (χ1v) is 14.1. The Balaban J connectivity index is 1.40.